The molecule has 2 heterocycles. The van der Waals surface area contributed by atoms with Crippen molar-refractivity contribution in [2.75, 3.05) is 26.3 Å². The van der Waals surface area contributed by atoms with Crippen LogP contribution >= 0.6 is 0 Å². The Morgan fingerprint density at radius 3 is 1.82 bits per heavy atom. The van der Waals surface area contributed by atoms with Crippen LogP contribution in [0.3, 0.4) is 0 Å². The Balaban J connectivity index is 1.73. The minimum atomic E-state index is 0.474. The van der Waals surface area contributed by atoms with E-state index in [1.165, 1.54) is 0 Å². The predicted octanol–water partition coefficient (Wildman–Crippen LogP) is 1.29. The van der Waals surface area contributed by atoms with Gasteiger partial charge in [0.25, 0.3) is 0 Å². The van der Waals surface area contributed by atoms with E-state index in [2.05, 4.69) is 0 Å². The van der Waals surface area contributed by atoms with Gasteiger partial charge in [0, 0.05) is 12.4 Å². The molecule has 17 heavy (non-hydrogen) atoms. The van der Waals surface area contributed by atoms with Gasteiger partial charge in [0.05, 0.1) is 26.3 Å². The summed E-state index contributed by atoms with van der Waals surface area (Å²) in [5.74, 6) is 0. The van der Waals surface area contributed by atoms with E-state index >= 15 is 0 Å². The Kier molecular flexibility index (Phi) is 3.98. The van der Waals surface area contributed by atoms with E-state index in [-0.39, 0.29) is 0 Å². The number of allylic oxidation sites excluding steroid dienone is 4. The molecule has 92 valence electrons. The van der Waals surface area contributed by atoms with Crippen molar-refractivity contribution in [1.82, 2.24) is 10.1 Å². The van der Waals surface area contributed by atoms with Gasteiger partial charge in [0.1, 0.15) is 0 Å². The van der Waals surface area contributed by atoms with E-state index in [4.69, 9.17) is 4.74 Å². The number of rotatable bonds is 4. The molecule has 5 nitrogen and oxygen atoms in total. The van der Waals surface area contributed by atoms with Crippen molar-refractivity contribution in [1.29, 1.82) is 0 Å². The first-order valence-corrected chi connectivity index (χ1v) is 5.45. The second-order valence-electron chi connectivity index (χ2n) is 4.02. The first kappa shape index (κ1) is 11.9. The molecule has 0 aliphatic carbocycles. The molecule has 2 rings (SSSR count). The van der Waals surface area contributed by atoms with E-state index < -0.39 is 0 Å². The quantitative estimate of drug-likeness (QED) is 0.770. The maximum absolute atomic E-state index is 9.25. The summed E-state index contributed by atoms with van der Waals surface area (Å²) < 4.78 is 5.53. The van der Waals surface area contributed by atoms with Crippen LogP contribution in [0, 0.1) is 0 Å². The number of hydrogen-bond acceptors (Lipinski definition) is 5. The van der Waals surface area contributed by atoms with Gasteiger partial charge in [-0.2, -0.15) is 0 Å². The molecule has 2 aliphatic heterocycles. The molecule has 0 aromatic heterocycles. The molecule has 0 aromatic rings. The Labute approximate surface area is 100 Å². The highest BCUT2D eigenvalue weighted by molar-refractivity contribution is 5.20. The standard InChI is InChI=1S/C12H16N2O3/c15-13-5-1-3-11(7-13)9-17-10-12-4-2-6-14(16)8-12/h1-6,15-16H,7-10H2. The molecule has 5 heteroatoms. The number of nitrogens with zero attached hydrogens (tertiary/aromatic N) is 2. The summed E-state index contributed by atoms with van der Waals surface area (Å²) >= 11 is 0. The van der Waals surface area contributed by atoms with Crippen LogP contribution in [0.15, 0.2) is 47.9 Å². The van der Waals surface area contributed by atoms with Crippen molar-refractivity contribution in [3.63, 3.8) is 0 Å². The van der Waals surface area contributed by atoms with Crippen molar-refractivity contribution in [2.45, 2.75) is 0 Å². The van der Waals surface area contributed by atoms with Gasteiger partial charge in [-0.3, -0.25) is 20.5 Å². The van der Waals surface area contributed by atoms with Crippen LogP contribution in [0.2, 0.25) is 0 Å². The van der Waals surface area contributed by atoms with Crippen LogP contribution in [0.1, 0.15) is 0 Å². The van der Waals surface area contributed by atoms with Crippen LogP contribution in [0.4, 0.5) is 0 Å². The van der Waals surface area contributed by atoms with Gasteiger partial charge in [0.15, 0.2) is 0 Å². The lowest BCUT2D eigenvalue weighted by Crippen LogP contribution is -2.22. The molecule has 0 atom stereocenters. The summed E-state index contributed by atoms with van der Waals surface area (Å²) in [6.07, 6.45) is 10.6. The molecule has 0 amide bonds. The van der Waals surface area contributed by atoms with Crippen molar-refractivity contribution < 1.29 is 15.2 Å². The molecule has 0 fully saturated rings. The normalized spacial score (nSPS) is 19.4. The number of hydrogen-bond donors (Lipinski definition) is 2. The first-order chi connectivity index (χ1) is 8.24. The molecule has 2 N–H and O–H groups in total. The van der Waals surface area contributed by atoms with E-state index in [9.17, 15) is 10.4 Å². The fourth-order valence-corrected chi connectivity index (χ4v) is 1.68. The zero-order valence-corrected chi connectivity index (χ0v) is 9.49. The molecule has 0 saturated carbocycles. The highest BCUT2D eigenvalue weighted by Gasteiger charge is 2.08. The Hall–Kier alpha value is -1.56. The molecule has 2 aliphatic rings. The summed E-state index contributed by atoms with van der Waals surface area (Å²) in [7, 11) is 0. The minimum absolute atomic E-state index is 0.474. The van der Waals surface area contributed by atoms with Gasteiger partial charge in [-0.15, -0.1) is 0 Å². The monoisotopic (exact) mass is 236 g/mol. The average molecular weight is 236 g/mol. The summed E-state index contributed by atoms with van der Waals surface area (Å²) in [5.41, 5.74) is 2.03. The van der Waals surface area contributed by atoms with Gasteiger partial charge in [-0.05, 0) is 23.3 Å². The molecule has 0 bridgehead atoms. The van der Waals surface area contributed by atoms with E-state index in [1.54, 1.807) is 24.6 Å². The van der Waals surface area contributed by atoms with Gasteiger partial charge < -0.3 is 4.74 Å². The highest BCUT2D eigenvalue weighted by Crippen LogP contribution is 2.08. The summed E-state index contributed by atoms with van der Waals surface area (Å²) in [6, 6.07) is 0. The van der Waals surface area contributed by atoms with Gasteiger partial charge in [0.2, 0.25) is 0 Å². The SMILES string of the molecule is ON1C=CC=C(COCC2=CC=CN(O)C2)C1. The Morgan fingerprint density at radius 2 is 1.41 bits per heavy atom. The van der Waals surface area contributed by atoms with Crippen LogP contribution in [0.5, 0.6) is 0 Å². The molecule has 0 radical (unpaired) electrons. The van der Waals surface area contributed by atoms with Crippen LogP contribution < -0.4 is 0 Å². The van der Waals surface area contributed by atoms with Crippen molar-refractivity contribution >= 4 is 0 Å². The highest BCUT2D eigenvalue weighted by atomic mass is 16.5. The van der Waals surface area contributed by atoms with Crippen LogP contribution in [-0.2, 0) is 4.74 Å². The lowest BCUT2D eigenvalue weighted by Gasteiger charge is -2.20. The second-order valence-corrected chi connectivity index (χ2v) is 4.02. The second kappa shape index (κ2) is 5.67. The van der Waals surface area contributed by atoms with Gasteiger partial charge in [-0.25, -0.2) is 0 Å². The molecule has 0 unspecified atom stereocenters. The molecule has 0 spiro atoms. The third-order valence-electron chi connectivity index (χ3n) is 2.49. The number of hydroxylamine groups is 4. The van der Waals surface area contributed by atoms with E-state index in [0.717, 1.165) is 21.3 Å². The Morgan fingerprint density at radius 1 is 0.941 bits per heavy atom. The lowest BCUT2D eigenvalue weighted by atomic mass is 10.2. The van der Waals surface area contributed by atoms with E-state index in [0.29, 0.717) is 26.3 Å². The van der Waals surface area contributed by atoms with Gasteiger partial charge >= 0.3 is 0 Å². The lowest BCUT2D eigenvalue weighted by molar-refractivity contribution is -0.0383. The third kappa shape index (κ3) is 3.74. The third-order valence-corrected chi connectivity index (χ3v) is 2.49. The zero-order valence-electron chi connectivity index (χ0n) is 9.49. The maximum Gasteiger partial charge on any atom is 0.0702 e. The van der Waals surface area contributed by atoms with Crippen molar-refractivity contribution in [3.05, 3.63) is 47.9 Å². The summed E-state index contributed by atoms with van der Waals surface area (Å²) in [5, 5.41) is 20.7. The fourth-order valence-electron chi connectivity index (χ4n) is 1.68. The first-order valence-electron chi connectivity index (χ1n) is 5.45. The fraction of sp³-hybridized carbons (Fsp3) is 0.333. The summed E-state index contributed by atoms with van der Waals surface area (Å²) in [6.45, 7) is 1.91. The molecular formula is C12H16N2O3. The van der Waals surface area contributed by atoms with E-state index in [1.807, 2.05) is 12.2 Å². The smallest absolute Gasteiger partial charge is 0.0702 e. The topological polar surface area (TPSA) is 56.2 Å². The number of ether oxygens (including phenoxy) is 1. The Bertz CT molecular complexity index is 349. The van der Waals surface area contributed by atoms with Crippen molar-refractivity contribution in [2.24, 2.45) is 0 Å². The summed E-state index contributed by atoms with van der Waals surface area (Å²) in [4.78, 5) is 0. The molecule has 0 saturated heterocycles. The van der Waals surface area contributed by atoms with Crippen LogP contribution in [0.25, 0.3) is 0 Å². The van der Waals surface area contributed by atoms with Gasteiger partial charge in [-0.1, -0.05) is 12.2 Å². The van der Waals surface area contributed by atoms with Crippen LogP contribution in [-0.4, -0.2) is 46.8 Å². The maximum atomic E-state index is 9.25. The largest absolute Gasteiger partial charge is 0.373 e. The zero-order chi connectivity index (χ0) is 12.1. The predicted molar refractivity (Wildman–Crippen MR) is 62.3 cm³/mol. The average Bonchev–Trinajstić information content (AvgIpc) is 2.29. The van der Waals surface area contributed by atoms with Crippen molar-refractivity contribution in [3.8, 4) is 0 Å². The molecular weight excluding hydrogens is 220 g/mol. The minimum Gasteiger partial charge on any atom is -0.373 e. The molecule has 0 aromatic carbocycles.